The topological polar surface area (TPSA) is 123 Å². The molecule has 0 radical (unpaired) electrons. The van der Waals surface area contributed by atoms with Crippen LogP contribution in [-0.2, 0) is 4.79 Å². The highest BCUT2D eigenvalue weighted by atomic mass is 16.6. The molecular weight excluding hydrogens is 364 g/mol. The third kappa shape index (κ3) is 4.97. The Morgan fingerprint density at radius 3 is 2.61 bits per heavy atom. The van der Waals surface area contributed by atoms with Crippen LogP contribution >= 0.6 is 0 Å². The Balaban J connectivity index is 1.55. The van der Waals surface area contributed by atoms with E-state index in [-0.39, 0.29) is 23.9 Å². The number of carbonyl (C=O) groups excluding carboxylic acids is 2. The fraction of sp³-hybridized carbons (Fsp3) is 0.263. The number of hydrazine groups is 1. The molecule has 3 N–H and O–H groups in total. The lowest BCUT2D eigenvalue weighted by Crippen LogP contribution is -2.43. The van der Waals surface area contributed by atoms with Crippen LogP contribution in [-0.4, -0.2) is 29.4 Å². The first-order chi connectivity index (χ1) is 13.4. The summed E-state index contributed by atoms with van der Waals surface area (Å²) in [5, 5.41) is 14.3. The van der Waals surface area contributed by atoms with E-state index < -0.39 is 16.7 Å². The van der Waals surface area contributed by atoms with Crippen molar-refractivity contribution in [2.75, 3.05) is 11.9 Å². The van der Waals surface area contributed by atoms with Crippen molar-refractivity contribution in [3.05, 3.63) is 63.7 Å². The summed E-state index contributed by atoms with van der Waals surface area (Å²) in [4.78, 5) is 34.8. The highest BCUT2D eigenvalue weighted by Gasteiger charge is 2.25. The third-order valence-corrected chi connectivity index (χ3v) is 4.16. The quantitative estimate of drug-likeness (QED) is 0.497. The molecule has 3 rings (SSSR count). The van der Waals surface area contributed by atoms with Gasteiger partial charge in [0.1, 0.15) is 11.4 Å². The summed E-state index contributed by atoms with van der Waals surface area (Å²) in [6, 6.07) is 11.6. The number of carbonyl (C=O) groups is 2. The van der Waals surface area contributed by atoms with Crippen LogP contribution in [0.3, 0.4) is 0 Å². The van der Waals surface area contributed by atoms with E-state index in [9.17, 15) is 19.7 Å². The average Bonchev–Trinajstić information content (AvgIpc) is 3.49. The number of para-hydroxylation sites is 1. The summed E-state index contributed by atoms with van der Waals surface area (Å²) >= 11 is 0. The van der Waals surface area contributed by atoms with Crippen LogP contribution in [0.25, 0.3) is 0 Å². The second-order valence-electron chi connectivity index (χ2n) is 6.46. The first-order valence-corrected chi connectivity index (χ1v) is 8.76. The number of nitro groups is 1. The Kier molecular flexibility index (Phi) is 5.73. The minimum absolute atomic E-state index is 0.0631. The Labute approximate surface area is 161 Å². The third-order valence-electron chi connectivity index (χ3n) is 4.16. The Hall–Kier alpha value is -3.62. The van der Waals surface area contributed by atoms with E-state index in [0.29, 0.717) is 11.4 Å². The second kappa shape index (κ2) is 8.38. The lowest BCUT2D eigenvalue weighted by atomic mass is 10.1. The van der Waals surface area contributed by atoms with Gasteiger partial charge in [0.05, 0.1) is 4.92 Å². The minimum Gasteiger partial charge on any atom is -0.483 e. The van der Waals surface area contributed by atoms with Crippen molar-refractivity contribution >= 4 is 23.2 Å². The van der Waals surface area contributed by atoms with Gasteiger partial charge in [0.15, 0.2) is 6.61 Å². The predicted molar refractivity (Wildman–Crippen MR) is 102 cm³/mol. The van der Waals surface area contributed by atoms with E-state index in [1.807, 2.05) is 19.1 Å². The van der Waals surface area contributed by atoms with Gasteiger partial charge in [0, 0.05) is 17.7 Å². The zero-order chi connectivity index (χ0) is 20.1. The first kappa shape index (κ1) is 19.2. The molecule has 0 aliphatic heterocycles. The molecule has 0 aromatic heterocycles. The Morgan fingerprint density at radius 2 is 1.93 bits per heavy atom. The molecule has 0 saturated heterocycles. The number of nitrogens with zero attached hydrogens (tertiary/aromatic N) is 1. The van der Waals surface area contributed by atoms with E-state index in [2.05, 4.69) is 16.2 Å². The van der Waals surface area contributed by atoms with Crippen LogP contribution in [0.5, 0.6) is 5.75 Å². The van der Waals surface area contributed by atoms with Crippen LogP contribution in [0.15, 0.2) is 42.5 Å². The van der Waals surface area contributed by atoms with Crippen molar-refractivity contribution < 1.29 is 19.2 Å². The maximum Gasteiger partial charge on any atom is 0.293 e. The molecule has 1 aliphatic carbocycles. The van der Waals surface area contributed by atoms with Gasteiger partial charge in [-0.1, -0.05) is 18.2 Å². The van der Waals surface area contributed by atoms with Crippen LogP contribution in [0.4, 0.5) is 11.4 Å². The van der Waals surface area contributed by atoms with Gasteiger partial charge in [-0.15, -0.1) is 0 Å². The average molecular weight is 384 g/mol. The van der Waals surface area contributed by atoms with Crippen molar-refractivity contribution in [1.82, 2.24) is 10.9 Å². The molecular formula is C19H20N4O5. The summed E-state index contributed by atoms with van der Waals surface area (Å²) in [6.07, 6.45) is 1.94. The van der Waals surface area contributed by atoms with Crippen LogP contribution in [0.2, 0.25) is 0 Å². The number of ether oxygens (including phenoxy) is 1. The van der Waals surface area contributed by atoms with Gasteiger partial charge in [-0.2, -0.15) is 0 Å². The first-order valence-electron chi connectivity index (χ1n) is 8.76. The zero-order valence-electron chi connectivity index (χ0n) is 15.2. The molecule has 1 fully saturated rings. The molecule has 0 spiro atoms. The van der Waals surface area contributed by atoms with Gasteiger partial charge < -0.3 is 10.1 Å². The normalized spacial score (nSPS) is 12.8. The number of nitro benzene ring substituents is 1. The summed E-state index contributed by atoms with van der Waals surface area (Å²) in [7, 11) is 0. The molecule has 0 heterocycles. The van der Waals surface area contributed by atoms with Crippen molar-refractivity contribution in [1.29, 1.82) is 0 Å². The van der Waals surface area contributed by atoms with Gasteiger partial charge in [-0.3, -0.25) is 30.6 Å². The van der Waals surface area contributed by atoms with Crippen molar-refractivity contribution in [3.63, 3.8) is 0 Å². The van der Waals surface area contributed by atoms with Gasteiger partial charge in [-0.05, 0) is 43.5 Å². The van der Waals surface area contributed by atoms with Crippen LogP contribution in [0.1, 0.15) is 28.8 Å². The van der Waals surface area contributed by atoms with E-state index in [0.717, 1.165) is 18.4 Å². The van der Waals surface area contributed by atoms with Gasteiger partial charge >= 0.3 is 0 Å². The molecule has 2 amide bonds. The summed E-state index contributed by atoms with van der Waals surface area (Å²) in [5.74, 6) is -0.651. The van der Waals surface area contributed by atoms with Gasteiger partial charge in [-0.25, -0.2) is 0 Å². The molecule has 2 aromatic rings. The molecule has 28 heavy (non-hydrogen) atoms. The maximum atomic E-state index is 12.2. The van der Waals surface area contributed by atoms with E-state index >= 15 is 0 Å². The van der Waals surface area contributed by atoms with E-state index in [4.69, 9.17) is 4.74 Å². The number of amides is 2. The molecule has 1 saturated carbocycles. The van der Waals surface area contributed by atoms with Gasteiger partial charge in [0.2, 0.25) is 0 Å². The summed E-state index contributed by atoms with van der Waals surface area (Å²) < 4.78 is 5.38. The predicted octanol–water partition coefficient (Wildman–Crippen LogP) is 2.32. The molecule has 0 bridgehead atoms. The number of hydrogen-bond acceptors (Lipinski definition) is 6. The standard InChI is InChI=1S/C19H20N4O5/c1-12-4-2-3-5-17(12)28-11-18(24)21-22-19(25)13-6-9-15(20-14-7-8-14)16(10-13)23(26)27/h2-6,9-10,14,20H,7-8,11H2,1H3,(H,21,24)(H,22,25). The second-order valence-corrected chi connectivity index (χ2v) is 6.46. The van der Waals surface area contributed by atoms with E-state index in [1.54, 1.807) is 12.1 Å². The fourth-order valence-corrected chi connectivity index (χ4v) is 2.49. The number of nitrogens with one attached hydrogen (secondary N) is 3. The molecule has 0 unspecified atom stereocenters. The van der Waals surface area contributed by atoms with E-state index in [1.165, 1.54) is 18.2 Å². The largest absolute Gasteiger partial charge is 0.483 e. The Morgan fingerprint density at radius 1 is 1.18 bits per heavy atom. The molecule has 9 heteroatoms. The van der Waals surface area contributed by atoms with Crippen molar-refractivity contribution in [2.24, 2.45) is 0 Å². The molecule has 146 valence electrons. The Bertz CT molecular complexity index is 911. The number of aryl methyl sites for hydroxylation is 1. The number of hydrogen-bond donors (Lipinski definition) is 3. The summed E-state index contributed by atoms with van der Waals surface area (Å²) in [5.41, 5.74) is 5.59. The fourth-order valence-electron chi connectivity index (χ4n) is 2.49. The van der Waals surface area contributed by atoms with Crippen LogP contribution in [0, 0.1) is 17.0 Å². The monoisotopic (exact) mass is 384 g/mol. The van der Waals surface area contributed by atoms with Gasteiger partial charge in [0.25, 0.3) is 17.5 Å². The number of benzene rings is 2. The summed E-state index contributed by atoms with van der Waals surface area (Å²) in [6.45, 7) is 1.57. The van der Waals surface area contributed by atoms with Crippen molar-refractivity contribution in [3.8, 4) is 5.75 Å². The van der Waals surface area contributed by atoms with Crippen LogP contribution < -0.4 is 20.9 Å². The molecule has 2 aromatic carbocycles. The lowest BCUT2D eigenvalue weighted by molar-refractivity contribution is -0.384. The smallest absolute Gasteiger partial charge is 0.293 e. The maximum absolute atomic E-state index is 12.2. The molecule has 0 atom stereocenters. The highest BCUT2D eigenvalue weighted by molar-refractivity contribution is 5.96. The number of anilines is 1. The lowest BCUT2D eigenvalue weighted by Gasteiger charge is -2.11. The zero-order valence-corrected chi connectivity index (χ0v) is 15.2. The minimum atomic E-state index is -0.662. The molecule has 9 nitrogen and oxygen atoms in total. The number of rotatable bonds is 7. The highest BCUT2D eigenvalue weighted by Crippen LogP contribution is 2.31. The SMILES string of the molecule is Cc1ccccc1OCC(=O)NNC(=O)c1ccc(NC2CC2)c([N+](=O)[O-])c1. The van der Waals surface area contributed by atoms with Crippen molar-refractivity contribution in [2.45, 2.75) is 25.8 Å². The molecule has 1 aliphatic rings.